The first kappa shape index (κ1) is 16.0. The molecule has 2 aromatic heterocycles. The second kappa shape index (κ2) is 6.44. The zero-order valence-electron chi connectivity index (χ0n) is 13.9. The molecule has 0 aliphatic carbocycles. The van der Waals surface area contributed by atoms with E-state index in [9.17, 15) is 4.79 Å². The number of hydrogen-bond donors (Lipinski definition) is 0. The van der Waals surface area contributed by atoms with E-state index in [1.54, 1.807) is 28.8 Å². The number of piperidine rings is 1. The Bertz CT molecular complexity index is 921. The van der Waals surface area contributed by atoms with E-state index in [0.29, 0.717) is 22.9 Å². The summed E-state index contributed by atoms with van der Waals surface area (Å²) in [5.74, 6) is 0.869. The van der Waals surface area contributed by atoms with Crippen LogP contribution in [0.1, 0.15) is 40.5 Å². The summed E-state index contributed by atoms with van der Waals surface area (Å²) < 4.78 is 1.79. The summed E-state index contributed by atoms with van der Waals surface area (Å²) >= 11 is 5.92. The Hall–Kier alpha value is -2.47. The zero-order chi connectivity index (χ0) is 17.4. The van der Waals surface area contributed by atoms with Gasteiger partial charge >= 0.3 is 0 Å². The third kappa shape index (κ3) is 3.09. The van der Waals surface area contributed by atoms with Gasteiger partial charge in [0.2, 0.25) is 0 Å². The highest BCUT2D eigenvalue weighted by atomic mass is 35.5. The normalized spacial score (nSPS) is 17.8. The zero-order valence-corrected chi connectivity index (χ0v) is 14.6. The minimum Gasteiger partial charge on any atom is -0.338 e. The molecular weight excluding hydrogens is 338 g/mol. The van der Waals surface area contributed by atoms with Crippen molar-refractivity contribution in [3.05, 3.63) is 58.6 Å². The van der Waals surface area contributed by atoms with Crippen LogP contribution in [0.3, 0.4) is 0 Å². The SMILES string of the molecule is Cc1cc(C2CCCN(C(=O)c3ccc(Cl)cc3)C2)n2ncnc2n1. The molecular formula is C18H18ClN5O. The smallest absolute Gasteiger partial charge is 0.253 e. The van der Waals surface area contributed by atoms with Crippen LogP contribution in [0.4, 0.5) is 0 Å². The average molecular weight is 356 g/mol. The van der Waals surface area contributed by atoms with Gasteiger partial charge in [-0.15, -0.1) is 0 Å². The topological polar surface area (TPSA) is 63.4 Å². The molecule has 1 aliphatic rings. The molecule has 1 saturated heterocycles. The summed E-state index contributed by atoms with van der Waals surface area (Å²) in [6.07, 6.45) is 3.50. The van der Waals surface area contributed by atoms with Gasteiger partial charge in [-0.2, -0.15) is 10.1 Å². The number of rotatable bonds is 2. The quantitative estimate of drug-likeness (QED) is 0.708. The van der Waals surface area contributed by atoms with Crippen molar-refractivity contribution in [1.29, 1.82) is 0 Å². The van der Waals surface area contributed by atoms with Crippen molar-refractivity contribution < 1.29 is 4.79 Å². The lowest BCUT2D eigenvalue weighted by atomic mass is 9.93. The minimum atomic E-state index is 0.0435. The van der Waals surface area contributed by atoms with E-state index in [-0.39, 0.29) is 11.8 Å². The fourth-order valence-electron chi connectivity index (χ4n) is 3.43. The first-order valence-corrected chi connectivity index (χ1v) is 8.72. The summed E-state index contributed by atoms with van der Waals surface area (Å²) in [7, 11) is 0. The molecule has 3 aromatic rings. The summed E-state index contributed by atoms with van der Waals surface area (Å²) in [5.41, 5.74) is 2.65. The monoisotopic (exact) mass is 355 g/mol. The highest BCUT2D eigenvalue weighted by molar-refractivity contribution is 6.30. The number of likely N-dealkylation sites (tertiary alicyclic amines) is 1. The summed E-state index contributed by atoms with van der Waals surface area (Å²) in [6, 6.07) is 9.10. The molecule has 0 spiro atoms. The molecule has 6 nitrogen and oxygen atoms in total. The Morgan fingerprint density at radius 3 is 2.88 bits per heavy atom. The van der Waals surface area contributed by atoms with Crippen LogP contribution in [0, 0.1) is 6.92 Å². The number of nitrogens with zero attached hydrogens (tertiary/aromatic N) is 5. The van der Waals surface area contributed by atoms with Crippen molar-refractivity contribution in [2.24, 2.45) is 0 Å². The van der Waals surface area contributed by atoms with Crippen molar-refractivity contribution >= 4 is 23.3 Å². The fourth-order valence-corrected chi connectivity index (χ4v) is 3.55. The highest BCUT2D eigenvalue weighted by Crippen LogP contribution is 2.28. The third-order valence-electron chi connectivity index (χ3n) is 4.63. The van der Waals surface area contributed by atoms with E-state index in [2.05, 4.69) is 15.1 Å². The standard InChI is InChI=1S/C18H18ClN5O/c1-12-9-16(24-18(22-12)20-11-21-24)14-3-2-8-23(10-14)17(25)13-4-6-15(19)7-5-13/h4-7,9,11,14H,2-3,8,10H2,1H3. The van der Waals surface area contributed by atoms with Gasteiger partial charge in [0.25, 0.3) is 11.7 Å². The molecule has 1 unspecified atom stereocenters. The number of fused-ring (bicyclic) bond motifs is 1. The van der Waals surface area contributed by atoms with Gasteiger partial charge in [-0.25, -0.2) is 9.50 Å². The van der Waals surface area contributed by atoms with Gasteiger partial charge in [-0.3, -0.25) is 4.79 Å². The van der Waals surface area contributed by atoms with E-state index < -0.39 is 0 Å². The van der Waals surface area contributed by atoms with Crippen LogP contribution in [0.25, 0.3) is 5.78 Å². The lowest BCUT2D eigenvalue weighted by molar-refractivity contribution is 0.0705. The van der Waals surface area contributed by atoms with Gasteiger partial charge in [-0.1, -0.05) is 11.6 Å². The van der Waals surface area contributed by atoms with Crippen LogP contribution in [-0.2, 0) is 0 Å². The second-order valence-electron chi connectivity index (χ2n) is 6.39. The van der Waals surface area contributed by atoms with Crippen molar-refractivity contribution in [3.63, 3.8) is 0 Å². The molecule has 1 aromatic carbocycles. The van der Waals surface area contributed by atoms with Crippen molar-refractivity contribution in [2.45, 2.75) is 25.7 Å². The van der Waals surface area contributed by atoms with Crippen LogP contribution < -0.4 is 0 Å². The molecule has 4 rings (SSSR count). The van der Waals surface area contributed by atoms with Gasteiger partial charge in [0.05, 0.1) is 5.69 Å². The van der Waals surface area contributed by atoms with Crippen LogP contribution >= 0.6 is 11.6 Å². The number of carbonyl (C=O) groups excluding carboxylic acids is 1. The predicted molar refractivity (Wildman–Crippen MR) is 94.8 cm³/mol. The van der Waals surface area contributed by atoms with E-state index in [1.165, 1.54) is 6.33 Å². The van der Waals surface area contributed by atoms with E-state index in [0.717, 1.165) is 30.8 Å². The second-order valence-corrected chi connectivity index (χ2v) is 6.83. The molecule has 1 fully saturated rings. The van der Waals surface area contributed by atoms with E-state index >= 15 is 0 Å². The Kier molecular flexibility index (Phi) is 4.13. The van der Waals surface area contributed by atoms with Gasteiger partial charge in [-0.05, 0) is 50.1 Å². The Labute approximate surface area is 150 Å². The van der Waals surface area contributed by atoms with Crippen LogP contribution in [0.2, 0.25) is 5.02 Å². The van der Waals surface area contributed by atoms with Crippen molar-refractivity contribution in [1.82, 2.24) is 24.5 Å². The summed E-state index contributed by atoms with van der Waals surface area (Å²) in [5, 5.41) is 4.93. The number of benzene rings is 1. The summed E-state index contributed by atoms with van der Waals surface area (Å²) in [6.45, 7) is 3.39. The van der Waals surface area contributed by atoms with Crippen molar-refractivity contribution in [2.75, 3.05) is 13.1 Å². The predicted octanol–water partition coefficient (Wildman–Crippen LogP) is 3.11. The molecule has 0 radical (unpaired) electrons. The van der Waals surface area contributed by atoms with Gasteiger partial charge in [0.15, 0.2) is 0 Å². The number of amides is 1. The number of carbonyl (C=O) groups is 1. The maximum atomic E-state index is 12.8. The molecule has 1 atom stereocenters. The van der Waals surface area contributed by atoms with Gasteiger partial charge in [0.1, 0.15) is 6.33 Å². The largest absolute Gasteiger partial charge is 0.338 e. The molecule has 3 heterocycles. The first-order chi connectivity index (χ1) is 12.1. The van der Waals surface area contributed by atoms with Crippen LogP contribution in [-0.4, -0.2) is 43.5 Å². The number of aromatic nitrogens is 4. The maximum Gasteiger partial charge on any atom is 0.253 e. The van der Waals surface area contributed by atoms with Gasteiger partial charge < -0.3 is 4.90 Å². The average Bonchev–Trinajstić information content (AvgIpc) is 3.09. The molecule has 0 N–H and O–H groups in total. The maximum absolute atomic E-state index is 12.8. The molecule has 128 valence electrons. The number of aryl methyl sites for hydroxylation is 1. The summed E-state index contributed by atoms with van der Waals surface area (Å²) in [4.78, 5) is 23.3. The Morgan fingerprint density at radius 1 is 1.28 bits per heavy atom. The van der Waals surface area contributed by atoms with Crippen molar-refractivity contribution in [3.8, 4) is 0 Å². The fraction of sp³-hybridized carbons (Fsp3) is 0.333. The Morgan fingerprint density at radius 2 is 2.08 bits per heavy atom. The first-order valence-electron chi connectivity index (χ1n) is 8.34. The Balaban J connectivity index is 1.61. The molecule has 25 heavy (non-hydrogen) atoms. The molecule has 1 amide bonds. The lowest BCUT2D eigenvalue weighted by Gasteiger charge is -2.33. The lowest BCUT2D eigenvalue weighted by Crippen LogP contribution is -2.39. The highest BCUT2D eigenvalue weighted by Gasteiger charge is 2.27. The number of halogens is 1. The number of hydrogen-bond acceptors (Lipinski definition) is 4. The van der Waals surface area contributed by atoms with E-state index in [1.807, 2.05) is 17.9 Å². The third-order valence-corrected chi connectivity index (χ3v) is 4.88. The molecule has 0 bridgehead atoms. The molecule has 7 heteroatoms. The van der Waals surface area contributed by atoms with Crippen LogP contribution in [0.15, 0.2) is 36.7 Å². The van der Waals surface area contributed by atoms with Gasteiger partial charge in [0, 0.05) is 35.3 Å². The minimum absolute atomic E-state index is 0.0435. The van der Waals surface area contributed by atoms with Crippen LogP contribution in [0.5, 0.6) is 0 Å². The molecule has 1 aliphatic heterocycles. The van der Waals surface area contributed by atoms with E-state index in [4.69, 9.17) is 11.6 Å². The molecule has 0 saturated carbocycles.